The van der Waals surface area contributed by atoms with Gasteiger partial charge in [0.1, 0.15) is 11.6 Å². The second kappa shape index (κ2) is 6.44. The maximum Gasteiger partial charge on any atom is 0.258 e. The average Bonchev–Trinajstić information content (AvgIpc) is 3.41. The van der Waals surface area contributed by atoms with Gasteiger partial charge < -0.3 is 9.80 Å². The van der Waals surface area contributed by atoms with E-state index in [1.807, 2.05) is 17.7 Å². The Morgan fingerprint density at radius 2 is 1.92 bits per heavy atom. The van der Waals surface area contributed by atoms with Crippen molar-refractivity contribution in [3.8, 4) is 0 Å². The molecule has 0 bridgehead atoms. The van der Waals surface area contributed by atoms with Crippen LogP contribution in [0.3, 0.4) is 0 Å². The lowest BCUT2D eigenvalue weighted by molar-refractivity contribution is 0.102. The van der Waals surface area contributed by atoms with Gasteiger partial charge >= 0.3 is 0 Å². The molecule has 0 unspecified atom stereocenters. The summed E-state index contributed by atoms with van der Waals surface area (Å²) in [5.41, 5.74) is 0.583. The predicted octanol–water partition coefficient (Wildman–Crippen LogP) is 1.09. The second-order valence-corrected chi connectivity index (χ2v) is 6.86. The maximum absolute atomic E-state index is 12.6. The molecule has 1 amide bonds. The predicted molar refractivity (Wildman–Crippen MR) is 94.9 cm³/mol. The van der Waals surface area contributed by atoms with E-state index in [9.17, 15) is 4.79 Å². The van der Waals surface area contributed by atoms with Crippen molar-refractivity contribution < 1.29 is 4.79 Å². The molecule has 25 heavy (non-hydrogen) atoms. The van der Waals surface area contributed by atoms with Gasteiger partial charge in [-0.3, -0.25) is 14.7 Å². The highest BCUT2D eigenvalue weighted by atomic mass is 16.1. The van der Waals surface area contributed by atoms with E-state index in [4.69, 9.17) is 0 Å². The molecule has 132 valence electrons. The van der Waals surface area contributed by atoms with Crippen LogP contribution >= 0.6 is 0 Å². The molecule has 8 heteroatoms. The Hall–Kier alpha value is -2.48. The molecule has 4 rings (SSSR count). The third-order valence-electron chi connectivity index (χ3n) is 4.91. The summed E-state index contributed by atoms with van der Waals surface area (Å²) in [7, 11) is 4.01. The van der Waals surface area contributed by atoms with Crippen LogP contribution in [-0.4, -0.2) is 63.8 Å². The van der Waals surface area contributed by atoms with Crippen molar-refractivity contribution in [2.24, 2.45) is 7.05 Å². The summed E-state index contributed by atoms with van der Waals surface area (Å²) in [5, 5.41) is 11.2. The van der Waals surface area contributed by atoms with E-state index in [1.165, 1.54) is 0 Å². The molecule has 1 aliphatic heterocycles. The molecule has 8 nitrogen and oxygen atoms in total. The number of rotatable bonds is 4. The molecule has 0 aromatic carbocycles. The number of anilines is 2. The van der Waals surface area contributed by atoms with Gasteiger partial charge in [-0.1, -0.05) is 0 Å². The summed E-state index contributed by atoms with van der Waals surface area (Å²) >= 11 is 0. The van der Waals surface area contributed by atoms with Crippen LogP contribution in [0.5, 0.6) is 0 Å². The molecular formula is C17H23N7O. The summed E-state index contributed by atoms with van der Waals surface area (Å²) in [6.07, 6.45) is 3.99. The van der Waals surface area contributed by atoms with E-state index in [0.717, 1.165) is 50.7 Å². The third-order valence-corrected chi connectivity index (χ3v) is 4.91. The first-order valence-corrected chi connectivity index (χ1v) is 8.72. The summed E-state index contributed by atoms with van der Waals surface area (Å²) in [4.78, 5) is 21.5. The van der Waals surface area contributed by atoms with Crippen LogP contribution in [0.15, 0.2) is 18.3 Å². The fraction of sp³-hybridized carbons (Fsp3) is 0.529. The normalized spacial score (nSPS) is 18.4. The van der Waals surface area contributed by atoms with Crippen LogP contribution in [0.1, 0.15) is 34.9 Å². The Bertz CT molecular complexity index is 775. The smallest absolute Gasteiger partial charge is 0.258 e. The van der Waals surface area contributed by atoms with Crippen LogP contribution in [0.2, 0.25) is 0 Å². The number of aromatic nitrogens is 4. The van der Waals surface area contributed by atoms with E-state index in [1.54, 1.807) is 12.3 Å². The number of carbonyl (C=O) groups excluding carboxylic acids is 1. The standard InChI is InChI=1S/C17H23N7O/c1-22-7-9-24(10-8-22)14-11-13(5-6-18-14)16(25)19-17-21-20-15(23(17)2)12-3-4-12/h5-6,11-12H,3-4,7-10H2,1-2H3,(H,19,21,25). The van der Waals surface area contributed by atoms with Gasteiger partial charge in [0, 0.05) is 50.9 Å². The SMILES string of the molecule is CN1CCN(c2cc(C(=O)Nc3nnc(C4CC4)n3C)ccn2)CC1. The fourth-order valence-electron chi connectivity index (χ4n) is 3.09. The van der Waals surface area contributed by atoms with E-state index in [0.29, 0.717) is 17.4 Å². The molecule has 1 saturated heterocycles. The molecule has 2 aliphatic rings. The first-order valence-electron chi connectivity index (χ1n) is 8.72. The molecule has 0 radical (unpaired) electrons. The monoisotopic (exact) mass is 341 g/mol. The topological polar surface area (TPSA) is 79.2 Å². The van der Waals surface area contributed by atoms with Gasteiger partial charge in [0.2, 0.25) is 5.95 Å². The molecule has 2 aromatic rings. The quantitative estimate of drug-likeness (QED) is 0.897. The number of hydrogen-bond donors (Lipinski definition) is 1. The molecule has 0 atom stereocenters. The van der Waals surface area contributed by atoms with Gasteiger partial charge in [0.05, 0.1) is 0 Å². The van der Waals surface area contributed by atoms with E-state index < -0.39 is 0 Å². The zero-order valence-electron chi connectivity index (χ0n) is 14.6. The van der Waals surface area contributed by atoms with Crippen LogP contribution in [0.25, 0.3) is 0 Å². The summed E-state index contributed by atoms with van der Waals surface area (Å²) in [6.45, 7) is 3.84. The van der Waals surface area contributed by atoms with E-state index >= 15 is 0 Å². The number of hydrogen-bond acceptors (Lipinski definition) is 6. The molecule has 3 heterocycles. The Balaban J connectivity index is 1.48. The summed E-state index contributed by atoms with van der Waals surface area (Å²) < 4.78 is 1.87. The maximum atomic E-state index is 12.6. The third kappa shape index (κ3) is 3.34. The summed E-state index contributed by atoms with van der Waals surface area (Å²) in [5.74, 6) is 2.59. The highest BCUT2D eigenvalue weighted by Crippen LogP contribution is 2.39. The zero-order chi connectivity index (χ0) is 17.4. The van der Waals surface area contributed by atoms with Crippen molar-refractivity contribution in [1.82, 2.24) is 24.6 Å². The minimum atomic E-state index is -0.185. The van der Waals surface area contributed by atoms with Crippen molar-refractivity contribution in [3.63, 3.8) is 0 Å². The number of nitrogens with one attached hydrogen (secondary N) is 1. The molecule has 2 fully saturated rings. The van der Waals surface area contributed by atoms with Gasteiger partial charge in [-0.2, -0.15) is 0 Å². The zero-order valence-corrected chi connectivity index (χ0v) is 14.6. The van der Waals surface area contributed by atoms with Gasteiger partial charge in [-0.15, -0.1) is 10.2 Å². The number of pyridine rings is 1. The number of nitrogens with zero attached hydrogens (tertiary/aromatic N) is 6. The molecule has 1 aliphatic carbocycles. The highest BCUT2D eigenvalue weighted by Gasteiger charge is 2.29. The van der Waals surface area contributed by atoms with Crippen LogP contribution in [0.4, 0.5) is 11.8 Å². The van der Waals surface area contributed by atoms with Gasteiger partial charge in [-0.05, 0) is 32.0 Å². The Morgan fingerprint density at radius 3 is 2.64 bits per heavy atom. The van der Waals surface area contributed by atoms with Gasteiger partial charge in [0.15, 0.2) is 0 Å². The minimum absolute atomic E-state index is 0.185. The van der Waals surface area contributed by atoms with Crippen LogP contribution in [-0.2, 0) is 7.05 Å². The lowest BCUT2D eigenvalue weighted by Gasteiger charge is -2.33. The Kier molecular flexibility index (Phi) is 4.12. The number of likely N-dealkylation sites (N-methyl/N-ethyl adjacent to an activating group) is 1. The molecule has 2 aromatic heterocycles. The van der Waals surface area contributed by atoms with Crippen molar-refractivity contribution in [2.45, 2.75) is 18.8 Å². The first kappa shape index (κ1) is 16.0. The lowest BCUT2D eigenvalue weighted by Crippen LogP contribution is -2.44. The van der Waals surface area contributed by atoms with Crippen LogP contribution < -0.4 is 10.2 Å². The van der Waals surface area contributed by atoms with Crippen LogP contribution in [0, 0.1) is 0 Å². The number of piperazine rings is 1. The largest absolute Gasteiger partial charge is 0.354 e. The second-order valence-electron chi connectivity index (χ2n) is 6.86. The average molecular weight is 341 g/mol. The molecule has 0 spiro atoms. The fourth-order valence-corrected chi connectivity index (χ4v) is 3.09. The lowest BCUT2D eigenvalue weighted by atomic mass is 10.2. The van der Waals surface area contributed by atoms with E-state index in [2.05, 4.69) is 37.3 Å². The summed E-state index contributed by atoms with van der Waals surface area (Å²) in [6, 6.07) is 3.58. The highest BCUT2D eigenvalue weighted by molar-refractivity contribution is 6.03. The molecule has 1 N–H and O–H groups in total. The first-order chi connectivity index (χ1) is 12.1. The number of amides is 1. The van der Waals surface area contributed by atoms with E-state index in [-0.39, 0.29) is 5.91 Å². The number of carbonyl (C=O) groups is 1. The molecule has 1 saturated carbocycles. The minimum Gasteiger partial charge on any atom is -0.354 e. The van der Waals surface area contributed by atoms with Crippen molar-refractivity contribution in [2.75, 3.05) is 43.4 Å². The Labute approximate surface area is 146 Å². The van der Waals surface area contributed by atoms with Gasteiger partial charge in [-0.25, -0.2) is 4.98 Å². The van der Waals surface area contributed by atoms with Crippen molar-refractivity contribution >= 4 is 17.7 Å². The van der Waals surface area contributed by atoms with Crippen molar-refractivity contribution in [3.05, 3.63) is 29.7 Å². The van der Waals surface area contributed by atoms with Crippen molar-refractivity contribution in [1.29, 1.82) is 0 Å². The van der Waals surface area contributed by atoms with Gasteiger partial charge in [0.25, 0.3) is 5.91 Å². The molecular weight excluding hydrogens is 318 g/mol. The Morgan fingerprint density at radius 1 is 1.16 bits per heavy atom.